The summed E-state index contributed by atoms with van der Waals surface area (Å²) in [6, 6.07) is 43.5. The Hall–Kier alpha value is -4.10. The Balaban J connectivity index is 1.33. The van der Waals surface area contributed by atoms with Crippen molar-refractivity contribution in [3.8, 4) is 11.1 Å². The molecule has 5 aromatic rings. The highest BCUT2D eigenvalue weighted by Gasteiger charge is 2.46. The SMILES string of the molecule is Cc1ccc(-c2ccc(NC3(c4ccccc4)C=C3c3ccc4ccccc4c3)cc2)cc1. The Bertz CT molecular complexity index is 1460. The third kappa shape index (κ3) is 3.62. The van der Waals surface area contributed by atoms with Gasteiger partial charge in [-0.3, -0.25) is 0 Å². The number of benzene rings is 5. The standard InChI is InChI=1S/C32H25N/c1-23-11-13-25(14-12-23)26-17-19-30(20-18-26)33-32(29-9-3-2-4-10-29)22-31(32)28-16-15-24-7-5-6-8-27(24)21-28/h2-22,33H,1H3. The van der Waals surface area contributed by atoms with E-state index in [-0.39, 0.29) is 5.54 Å². The summed E-state index contributed by atoms with van der Waals surface area (Å²) in [5, 5.41) is 6.38. The van der Waals surface area contributed by atoms with Crippen molar-refractivity contribution < 1.29 is 0 Å². The molecule has 1 unspecified atom stereocenters. The Labute approximate surface area is 195 Å². The van der Waals surface area contributed by atoms with Crippen LogP contribution in [0.2, 0.25) is 0 Å². The van der Waals surface area contributed by atoms with Gasteiger partial charge in [0, 0.05) is 5.69 Å². The summed E-state index contributed by atoms with van der Waals surface area (Å²) in [4.78, 5) is 0. The number of hydrogen-bond acceptors (Lipinski definition) is 1. The van der Waals surface area contributed by atoms with Crippen molar-refractivity contribution in [2.45, 2.75) is 12.5 Å². The normalized spacial score (nSPS) is 16.9. The predicted molar refractivity (Wildman–Crippen MR) is 140 cm³/mol. The zero-order valence-corrected chi connectivity index (χ0v) is 18.6. The number of rotatable bonds is 5. The lowest BCUT2D eigenvalue weighted by atomic mass is 9.94. The van der Waals surface area contributed by atoms with Gasteiger partial charge < -0.3 is 5.32 Å². The van der Waals surface area contributed by atoms with E-state index >= 15 is 0 Å². The van der Waals surface area contributed by atoms with Crippen LogP contribution in [-0.4, -0.2) is 0 Å². The molecule has 1 aliphatic rings. The molecule has 1 N–H and O–H groups in total. The summed E-state index contributed by atoms with van der Waals surface area (Å²) in [5.74, 6) is 0. The second-order valence-electron chi connectivity index (χ2n) is 8.86. The molecule has 0 radical (unpaired) electrons. The molecule has 158 valence electrons. The van der Waals surface area contributed by atoms with E-state index in [0.29, 0.717) is 0 Å². The van der Waals surface area contributed by atoms with Crippen LogP contribution in [0.15, 0.2) is 127 Å². The molecule has 6 rings (SSSR count). The molecule has 1 aliphatic carbocycles. The minimum absolute atomic E-state index is 0.283. The number of nitrogens with one attached hydrogen (secondary N) is 1. The van der Waals surface area contributed by atoms with E-state index in [9.17, 15) is 0 Å². The third-order valence-corrected chi connectivity index (χ3v) is 6.60. The van der Waals surface area contributed by atoms with Crippen molar-refractivity contribution in [2.75, 3.05) is 5.32 Å². The van der Waals surface area contributed by atoms with Gasteiger partial charge in [0.1, 0.15) is 5.54 Å². The Kier molecular flexibility index (Phi) is 4.62. The van der Waals surface area contributed by atoms with Crippen LogP contribution >= 0.6 is 0 Å². The highest BCUT2D eigenvalue weighted by atomic mass is 15.0. The van der Waals surface area contributed by atoms with Crippen LogP contribution in [0.3, 0.4) is 0 Å². The van der Waals surface area contributed by atoms with Gasteiger partial charge in [0.2, 0.25) is 0 Å². The largest absolute Gasteiger partial charge is 0.368 e. The molecule has 0 spiro atoms. The van der Waals surface area contributed by atoms with Crippen molar-refractivity contribution in [1.29, 1.82) is 0 Å². The van der Waals surface area contributed by atoms with Gasteiger partial charge in [0.25, 0.3) is 0 Å². The van der Waals surface area contributed by atoms with Crippen LogP contribution in [0, 0.1) is 6.92 Å². The van der Waals surface area contributed by atoms with Crippen LogP contribution in [0.1, 0.15) is 16.7 Å². The molecule has 1 nitrogen and oxygen atoms in total. The summed E-state index contributed by atoms with van der Waals surface area (Å²) in [5.41, 5.74) is 8.43. The molecule has 5 aromatic carbocycles. The zero-order valence-electron chi connectivity index (χ0n) is 18.6. The third-order valence-electron chi connectivity index (χ3n) is 6.60. The molecule has 0 aliphatic heterocycles. The minimum atomic E-state index is -0.283. The molecule has 33 heavy (non-hydrogen) atoms. The average molecular weight is 424 g/mol. The van der Waals surface area contributed by atoms with Gasteiger partial charge in [0.15, 0.2) is 0 Å². The molecule has 0 bridgehead atoms. The van der Waals surface area contributed by atoms with E-state index < -0.39 is 0 Å². The minimum Gasteiger partial charge on any atom is -0.368 e. The van der Waals surface area contributed by atoms with Crippen LogP contribution < -0.4 is 5.32 Å². The Morgan fingerprint density at radius 2 is 1.15 bits per heavy atom. The van der Waals surface area contributed by atoms with E-state index in [1.165, 1.54) is 44.2 Å². The molecule has 0 saturated heterocycles. The van der Waals surface area contributed by atoms with Crippen molar-refractivity contribution >= 4 is 22.0 Å². The summed E-state index contributed by atoms with van der Waals surface area (Å²) in [7, 11) is 0. The highest BCUT2D eigenvalue weighted by molar-refractivity contribution is 5.97. The number of hydrogen-bond donors (Lipinski definition) is 1. The van der Waals surface area contributed by atoms with E-state index in [0.717, 1.165) is 5.69 Å². The fourth-order valence-corrected chi connectivity index (χ4v) is 4.68. The van der Waals surface area contributed by atoms with Gasteiger partial charge in [-0.2, -0.15) is 0 Å². The van der Waals surface area contributed by atoms with E-state index in [2.05, 4.69) is 140 Å². The van der Waals surface area contributed by atoms with Crippen LogP contribution in [0.25, 0.3) is 27.5 Å². The summed E-state index contributed by atoms with van der Waals surface area (Å²) in [6.07, 6.45) is 2.35. The molecular formula is C32H25N. The zero-order chi connectivity index (χ0) is 22.3. The molecule has 0 heterocycles. The molecule has 0 amide bonds. The first-order valence-corrected chi connectivity index (χ1v) is 11.4. The Morgan fingerprint density at radius 3 is 1.88 bits per heavy atom. The number of fused-ring (bicyclic) bond motifs is 1. The lowest BCUT2D eigenvalue weighted by Gasteiger charge is -2.23. The first-order chi connectivity index (χ1) is 16.2. The van der Waals surface area contributed by atoms with Gasteiger partial charge in [-0.15, -0.1) is 0 Å². The van der Waals surface area contributed by atoms with E-state index in [1.54, 1.807) is 0 Å². The van der Waals surface area contributed by atoms with Crippen molar-refractivity contribution in [3.05, 3.63) is 144 Å². The highest BCUT2D eigenvalue weighted by Crippen LogP contribution is 2.53. The van der Waals surface area contributed by atoms with Gasteiger partial charge in [-0.05, 0) is 69.8 Å². The van der Waals surface area contributed by atoms with Gasteiger partial charge >= 0.3 is 0 Å². The maximum absolute atomic E-state index is 3.84. The van der Waals surface area contributed by atoms with Crippen molar-refractivity contribution in [1.82, 2.24) is 0 Å². The molecular weight excluding hydrogens is 398 g/mol. The first-order valence-electron chi connectivity index (χ1n) is 11.4. The van der Waals surface area contributed by atoms with E-state index in [4.69, 9.17) is 0 Å². The van der Waals surface area contributed by atoms with Crippen LogP contribution in [-0.2, 0) is 5.54 Å². The quantitative estimate of drug-likeness (QED) is 0.300. The average Bonchev–Trinajstić information content (AvgIpc) is 3.60. The number of aryl methyl sites for hydroxylation is 1. The summed E-state index contributed by atoms with van der Waals surface area (Å²) in [6.45, 7) is 2.12. The number of anilines is 1. The van der Waals surface area contributed by atoms with Gasteiger partial charge in [-0.1, -0.05) is 109 Å². The lowest BCUT2D eigenvalue weighted by Crippen LogP contribution is -2.22. The van der Waals surface area contributed by atoms with Crippen molar-refractivity contribution in [3.63, 3.8) is 0 Å². The second kappa shape index (κ2) is 7.79. The fraction of sp³-hybridized carbons (Fsp3) is 0.0625. The van der Waals surface area contributed by atoms with Gasteiger partial charge in [-0.25, -0.2) is 0 Å². The second-order valence-corrected chi connectivity index (χ2v) is 8.86. The molecule has 1 heteroatoms. The monoisotopic (exact) mass is 423 g/mol. The smallest absolute Gasteiger partial charge is 0.108 e. The van der Waals surface area contributed by atoms with E-state index in [1.807, 2.05) is 0 Å². The molecule has 0 saturated carbocycles. The molecule has 0 fully saturated rings. The maximum atomic E-state index is 3.84. The van der Waals surface area contributed by atoms with Gasteiger partial charge in [0.05, 0.1) is 0 Å². The molecule has 0 aromatic heterocycles. The lowest BCUT2D eigenvalue weighted by molar-refractivity contribution is 0.903. The van der Waals surface area contributed by atoms with Crippen molar-refractivity contribution in [2.24, 2.45) is 0 Å². The fourth-order valence-electron chi connectivity index (χ4n) is 4.68. The Morgan fingerprint density at radius 1 is 0.545 bits per heavy atom. The maximum Gasteiger partial charge on any atom is 0.108 e. The summed E-state index contributed by atoms with van der Waals surface area (Å²) >= 11 is 0. The topological polar surface area (TPSA) is 12.0 Å². The predicted octanol–water partition coefficient (Wildman–Crippen LogP) is 8.22. The summed E-state index contributed by atoms with van der Waals surface area (Å²) < 4.78 is 0. The van der Waals surface area contributed by atoms with Crippen LogP contribution in [0.5, 0.6) is 0 Å². The van der Waals surface area contributed by atoms with Crippen LogP contribution in [0.4, 0.5) is 5.69 Å². The molecule has 1 atom stereocenters. The first kappa shape index (κ1) is 19.6.